The van der Waals surface area contributed by atoms with Gasteiger partial charge in [0.05, 0.1) is 20.4 Å². The number of methoxy groups -OCH3 is 2. The summed E-state index contributed by atoms with van der Waals surface area (Å²) in [5, 5.41) is 17.0. The highest BCUT2D eigenvalue weighted by atomic mass is 16.5. The van der Waals surface area contributed by atoms with Crippen LogP contribution in [0, 0.1) is 0 Å². The molecular weight excluding hydrogens is 354 g/mol. The molecule has 1 saturated carbocycles. The zero-order valence-electron chi connectivity index (χ0n) is 15.2. The molecule has 0 unspecified atom stereocenters. The van der Waals surface area contributed by atoms with Crippen LogP contribution in [0.5, 0.6) is 11.5 Å². The minimum atomic E-state index is -1.24. The Balaban J connectivity index is 1.93. The Morgan fingerprint density at radius 1 is 1.22 bits per heavy atom. The van der Waals surface area contributed by atoms with Crippen molar-refractivity contribution in [3.05, 3.63) is 23.3 Å². The second-order valence-electron chi connectivity index (χ2n) is 6.50. The Morgan fingerprint density at radius 2 is 1.93 bits per heavy atom. The quantitative estimate of drug-likeness (QED) is 0.600. The molecule has 0 bridgehead atoms. The molecule has 3 amide bonds. The first-order valence-electron chi connectivity index (χ1n) is 8.62. The lowest BCUT2D eigenvalue weighted by atomic mass is 9.82. The molecule has 2 fully saturated rings. The Morgan fingerprint density at radius 3 is 2.52 bits per heavy atom. The van der Waals surface area contributed by atoms with Gasteiger partial charge in [0, 0.05) is 5.56 Å². The molecule has 2 N–H and O–H groups in total. The van der Waals surface area contributed by atoms with Crippen LogP contribution in [0.25, 0.3) is 0 Å². The van der Waals surface area contributed by atoms with Crippen LogP contribution in [0.2, 0.25) is 0 Å². The van der Waals surface area contributed by atoms with E-state index >= 15 is 0 Å². The average Bonchev–Trinajstić information content (AvgIpc) is 2.88. The molecule has 9 nitrogen and oxygen atoms in total. The topological polar surface area (TPSA) is 118 Å². The number of urea groups is 1. The Labute approximate surface area is 155 Å². The third kappa shape index (κ3) is 3.20. The number of rotatable bonds is 5. The van der Waals surface area contributed by atoms with Crippen molar-refractivity contribution in [2.75, 3.05) is 14.2 Å². The zero-order valence-corrected chi connectivity index (χ0v) is 15.2. The monoisotopic (exact) mass is 375 g/mol. The lowest BCUT2D eigenvalue weighted by Crippen LogP contribution is -2.48. The van der Waals surface area contributed by atoms with Crippen molar-refractivity contribution in [3.63, 3.8) is 0 Å². The molecule has 1 spiro atoms. The van der Waals surface area contributed by atoms with Crippen LogP contribution in [-0.2, 0) is 4.79 Å². The van der Waals surface area contributed by atoms with Crippen molar-refractivity contribution in [3.8, 4) is 11.5 Å². The second kappa shape index (κ2) is 7.26. The first-order valence-corrected chi connectivity index (χ1v) is 8.62. The molecule has 1 heterocycles. The van der Waals surface area contributed by atoms with Crippen LogP contribution in [0.4, 0.5) is 4.79 Å². The predicted octanol–water partition coefficient (Wildman–Crippen LogP) is 1.99. The standard InChI is InChI=1S/C18H21N3O6/c1-26-12-7-6-11(13(15(22)23)14(12)27-2)10-19-21-16(24)18(20-17(21)25)8-4-3-5-9-18/h6-7,10H,3-5,8-9H2,1-2H3,(H,20,25)(H,22,23)/b19-10-. The predicted molar refractivity (Wildman–Crippen MR) is 95.3 cm³/mol. The van der Waals surface area contributed by atoms with Gasteiger partial charge in [-0.1, -0.05) is 19.3 Å². The highest BCUT2D eigenvalue weighted by Crippen LogP contribution is 2.35. The summed E-state index contributed by atoms with van der Waals surface area (Å²) in [6.45, 7) is 0. The number of hydrogen-bond acceptors (Lipinski definition) is 6. The number of carboxylic acids is 1. The number of hydrazone groups is 1. The lowest BCUT2D eigenvalue weighted by Gasteiger charge is -2.29. The molecule has 1 aliphatic carbocycles. The van der Waals surface area contributed by atoms with Crippen molar-refractivity contribution in [1.82, 2.24) is 10.3 Å². The van der Waals surface area contributed by atoms with Crippen LogP contribution >= 0.6 is 0 Å². The summed E-state index contributed by atoms with van der Waals surface area (Å²) in [5.74, 6) is -1.35. The number of carboxylic acid groups (broad SMARTS) is 1. The van der Waals surface area contributed by atoms with Gasteiger partial charge in [-0.2, -0.15) is 5.10 Å². The van der Waals surface area contributed by atoms with E-state index in [1.54, 1.807) is 0 Å². The summed E-state index contributed by atoms with van der Waals surface area (Å²) < 4.78 is 10.3. The highest BCUT2D eigenvalue weighted by molar-refractivity contribution is 6.08. The SMILES string of the molecule is COc1ccc(/C=N\N2C(=O)NC3(CCCCC3)C2=O)c(C(=O)O)c1OC. The molecule has 144 valence electrons. The maximum Gasteiger partial charge on any atom is 0.346 e. The van der Waals surface area contributed by atoms with E-state index in [0.717, 1.165) is 24.3 Å². The fraction of sp³-hybridized carbons (Fsp3) is 0.444. The lowest BCUT2D eigenvalue weighted by molar-refractivity contribution is -0.132. The molecular formula is C18H21N3O6. The van der Waals surface area contributed by atoms with Gasteiger partial charge in [0.1, 0.15) is 11.1 Å². The number of hydrogen-bond donors (Lipinski definition) is 2. The summed E-state index contributed by atoms with van der Waals surface area (Å²) in [6, 6.07) is 2.40. The van der Waals surface area contributed by atoms with Crippen molar-refractivity contribution in [1.29, 1.82) is 0 Å². The molecule has 2 aliphatic rings. The summed E-state index contributed by atoms with van der Waals surface area (Å²) in [6.07, 6.45) is 5.10. The third-order valence-corrected chi connectivity index (χ3v) is 4.95. The first-order chi connectivity index (χ1) is 12.9. The van der Waals surface area contributed by atoms with Crippen molar-refractivity contribution < 1.29 is 29.0 Å². The number of amides is 3. The maximum atomic E-state index is 12.7. The van der Waals surface area contributed by atoms with Gasteiger partial charge in [0.25, 0.3) is 5.91 Å². The zero-order chi connectivity index (χ0) is 19.6. The van der Waals surface area contributed by atoms with Crippen molar-refractivity contribution >= 4 is 24.1 Å². The Bertz CT molecular complexity index is 814. The van der Waals surface area contributed by atoms with Gasteiger partial charge in [0.15, 0.2) is 11.5 Å². The van der Waals surface area contributed by atoms with E-state index in [2.05, 4.69) is 10.4 Å². The summed E-state index contributed by atoms with van der Waals surface area (Å²) in [7, 11) is 2.73. The van der Waals surface area contributed by atoms with E-state index in [9.17, 15) is 19.5 Å². The number of nitrogens with zero attached hydrogens (tertiary/aromatic N) is 2. The molecule has 9 heteroatoms. The van der Waals surface area contributed by atoms with Crippen LogP contribution in [0.3, 0.4) is 0 Å². The first kappa shape index (κ1) is 18.7. The molecule has 0 aromatic heterocycles. The number of carbonyl (C=O) groups excluding carboxylic acids is 2. The van der Waals surface area contributed by atoms with Crippen LogP contribution in [0.1, 0.15) is 48.0 Å². The summed E-state index contributed by atoms with van der Waals surface area (Å²) in [4.78, 5) is 36.6. The van der Waals surface area contributed by atoms with E-state index in [1.807, 2.05) is 0 Å². The van der Waals surface area contributed by atoms with Gasteiger partial charge in [-0.25, -0.2) is 9.59 Å². The highest BCUT2D eigenvalue weighted by Gasteiger charge is 2.51. The molecule has 0 atom stereocenters. The van der Waals surface area contributed by atoms with Gasteiger partial charge in [-0.3, -0.25) is 4.79 Å². The van der Waals surface area contributed by atoms with E-state index < -0.39 is 23.4 Å². The molecule has 0 radical (unpaired) electrons. The van der Waals surface area contributed by atoms with Gasteiger partial charge < -0.3 is 19.9 Å². The minimum absolute atomic E-state index is 0.0369. The Kier molecular flexibility index (Phi) is 5.02. The number of benzene rings is 1. The molecule has 1 aliphatic heterocycles. The molecule has 27 heavy (non-hydrogen) atoms. The molecule has 1 saturated heterocycles. The van der Waals surface area contributed by atoms with Crippen LogP contribution < -0.4 is 14.8 Å². The number of imide groups is 1. The van der Waals surface area contributed by atoms with Gasteiger partial charge in [-0.05, 0) is 25.0 Å². The minimum Gasteiger partial charge on any atom is -0.493 e. The Hall–Kier alpha value is -3.10. The number of ether oxygens (including phenoxy) is 2. The van der Waals surface area contributed by atoms with E-state index in [-0.39, 0.29) is 22.6 Å². The maximum absolute atomic E-state index is 12.7. The fourth-order valence-corrected chi connectivity index (χ4v) is 3.60. The molecule has 3 rings (SSSR count). The van der Waals surface area contributed by atoms with E-state index in [4.69, 9.17) is 9.47 Å². The van der Waals surface area contributed by atoms with Crippen molar-refractivity contribution in [2.24, 2.45) is 5.10 Å². The smallest absolute Gasteiger partial charge is 0.346 e. The largest absolute Gasteiger partial charge is 0.493 e. The average molecular weight is 375 g/mol. The van der Waals surface area contributed by atoms with E-state index in [1.165, 1.54) is 32.6 Å². The number of aromatic carboxylic acids is 1. The molecule has 1 aromatic rings. The van der Waals surface area contributed by atoms with Crippen LogP contribution in [-0.4, -0.2) is 54.0 Å². The summed E-state index contributed by atoms with van der Waals surface area (Å²) in [5.41, 5.74) is -0.870. The second-order valence-corrected chi connectivity index (χ2v) is 6.50. The fourth-order valence-electron chi connectivity index (χ4n) is 3.60. The number of carbonyl (C=O) groups is 3. The number of nitrogens with one attached hydrogen (secondary N) is 1. The van der Waals surface area contributed by atoms with E-state index in [0.29, 0.717) is 12.8 Å². The van der Waals surface area contributed by atoms with Crippen LogP contribution in [0.15, 0.2) is 17.2 Å². The van der Waals surface area contributed by atoms with Gasteiger partial charge in [0.2, 0.25) is 0 Å². The molecule has 1 aromatic carbocycles. The normalized spacial score (nSPS) is 18.8. The van der Waals surface area contributed by atoms with Crippen molar-refractivity contribution in [2.45, 2.75) is 37.6 Å². The third-order valence-electron chi connectivity index (χ3n) is 4.95. The van der Waals surface area contributed by atoms with Gasteiger partial charge in [-0.15, -0.1) is 5.01 Å². The summed E-state index contributed by atoms with van der Waals surface area (Å²) >= 11 is 0. The van der Waals surface area contributed by atoms with Gasteiger partial charge >= 0.3 is 12.0 Å².